The van der Waals surface area contributed by atoms with Crippen LogP contribution in [0.15, 0.2) is 24.3 Å². The Labute approximate surface area is 69.9 Å². The van der Waals surface area contributed by atoms with E-state index < -0.39 is 5.25 Å². The molecule has 1 atom stereocenters. The van der Waals surface area contributed by atoms with Crippen LogP contribution in [0.25, 0.3) is 0 Å². The van der Waals surface area contributed by atoms with Gasteiger partial charge in [-0.2, -0.15) is 17.9 Å². The van der Waals surface area contributed by atoms with E-state index in [9.17, 15) is 4.39 Å². The molecule has 0 saturated heterocycles. The van der Waals surface area contributed by atoms with Gasteiger partial charge in [-0.15, -0.1) is 0 Å². The highest BCUT2D eigenvalue weighted by Crippen LogP contribution is 2.18. The third kappa shape index (κ3) is 1.95. The molecule has 11 heavy (non-hydrogen) atoms. The van der Waals surface area contributed by atoms with Gasteiger partial charge in [0.1, 0.15) is 11.1 Å². The summed E-state index contributed by atoms with van der Waals surface area (Å²) in [6.07, 6.45) is 0. The molecule has 1 nitrogen and oxygen atoms in total. The average Bonchev–Trinajstić information content (AvgIpc) is 2.05. The molecule has 0 aliphatic carbocycles. The lowest BCUT2D eigenvalue weighted by Gasteiger charge is -1.99. The van der Waals surface area contributed by atoms with E-state index in [1.807, 2.05) is 6.07 Å². The highest BCUT2D eigenvalue weighted by atomic mass is 32.1. The Bertz CT molecular complexity index is 275. The van der Waals surface area contributed by atoms with E-state index in [0.29, 0.717) is 0 Å². The van der Waals surface area contributed by atoms with Crippen LogP contribution in [0.5, 0.6) is 0 Å². The van der Waals surface area contributed by atoms with Crippen LogP contribution in [0.1, 0.15) is 10.8 Å². The van der Waals surface area contributed by atoms with Crippen molar-refractivity contribution in [2.45, 2.75) is 5.25 Å². The molecular formula is C8H6FNS. The fraction of sp³-hybridized carbons (Fsp3) is 0.125. The van der Waals surface area contributed by atoms with Gasteiger partial charge in [-0.3, -0.25) is 0 Å². The molecule has 56 valence electrons. The Balaban J connectivity index is 2.92. The van der Waals surface area contributed by atoms with Crippen molar-refractivity contribution in [3.63, 3.8) is 0 Å². The maximum atomic E-state index is 12.3. The molecule has 0 aliphatic heterocycles. The topological polar surface area (TPSA) is 23.8 Å². The number of hydrogen-bond donors (Lipinski definition) is 1. The largest absolute Gasteiger partial charge is 0.207 e. The van der Waals surface area contributed by atoms with Crippen molar-refractivity contribution in [3.8, 4) is 6.07 Å². The molecule has 0 saturated carbocycles. The van der Waals surface area contributed by atoms with E-state index in [1.165, 1.54) is 12.1 Å². The van der Waals surface area contributed by atoms with E-state index in [-0.39, 0.29) is 5.82 Å². The first-order valence-electron chi connectivity index (χ1n) is 3.07. The highest BCUT2D eigenvalue weighted by molar-refractivity contribution is 7.80. The minimum absolute atomic E-state index is 0.299. The fourth-order valence-corrected chi connectivity index (χ4v) is 0.892. The highest BCUT2D eigenvalue weighted by Gasteiger charge is 2.02. The number of nitriles is 1. The first-order valence-corrected chi connectivity index (χ1v) is 3.59. The molecule has 0 aromatic heterocycles. The van der Waals surface area contributed by atoms with Crippen LogP contribution >= 0.6 is 12.6 Å². The van der Waals surface area contributed by atoms with Gasteiger partial charge >= 0.3 is 0 Å². The molecule has 0 radical (unpaired) electrons. The standard InChI is InChI=1S/C8H6FNS/c9-7-3-1-6(2-4-7)8(11)5-10/h1-4,8,11H. The van der Waals surface area contributed by atoms with E-state index >= 15 is 0 Å². The molecule has 1 unspecified atom stereocenters. The number of hydrogen-bond acceptors (Lipinski definition) is 2. The molecule has 0 heterocycles. The average molecular weight is 167 g/mol. The molecule has 0 fully saturated rings. The van der Waals surface area contributed by atoms with Gasteiger partial charge in [-0.25, -0.2) is 4.39 Å². The third-order valence-electron chi connectivity index (χ3n) is 1.31. The van der Waals surface area contributed by atoms with Gasteiger partial charge in [0, 0.05) is 0 Å². The number of halogens is 1. The minimum atomic E-state index is -0.462. The van der Waals surface area contributed by atoms with Crippen LogP contribution in [-0.4, -0.2) is 0 Å². The molecule has 0 amide bonds. The molecule has 0 bridgehead atoms. The first-order chi connectivity index (χ1) is 5.24. The van der Waals surface area contributed by atoms with Gasteiger partial charge in [-0.1, -0.05) is 12.1 Å². The summed E-state index contributed by atoms with van der Waals surface area (Å²) in [6.45, 7) is 0. The molecule has 3 heteroatoms. The third-order valence-corrected chi connectivity index (χ3v) is 1.72. The van der Waals surface area contributed by atoms with Crippen LogP contribution in [0.2, 0.25) is 0 Å². The van der Waals surface area contributed by atoms with Crippen molar-refractivity contribution in [3.05, 3.63) is 35.6 Å². The van der Waals surface area contributed by atoms with Gasteiger partial charge in [-0.05, 0) is 17.7 Å². The van der Waals surface area contributed by atoms with Gasteiger partial charge < -0.3 is 0 Å². The Morgan fingerprint density at radius 2 is 1.91 bits per heavy atom. The molecule has 1 aromatic carbocycles. The van der Waals surface area contributed by atoms with E-state index in [4.69, 9.17) is 5.26 Å². The predicted molar refractivity (Wildman–Crippen MR) is 43.7 cm³/mol. The number of nitrogens with zero attached hydrogens (tertiary/aromatic N) is 1. The van der Waals surface area contributed by atoms with Crippen molar-refractivity contribution < 1.29 is 4.39 Å². The van der Waals surface area contributed by atoms with Crippen molar-refractivity contribution in [2.75, 3.05) is 0 Å². The van der Waals surface area contributed by atoms with Crippen LogP contribution in [0.3, 0.4) is 0 Å². The number of rotatable bonds is 1. The zero-order valence-electron chi connectivity index (χ0n) is 5.66. The number of benzene rings is 1. The smallest absolute Gasteiger partial charge is 0.123 e. The molecule has 1 rings (SSSR count). The Kier molecular flexibility index (Phi) is 2.50. The maximum absolute atomic E-state index is 12.3. The van der Waals surface area contributed by atoms with Gasteiger partial charge in [0.15, 0.2) is 0 Å². The fourth-order valence-electron chi connectivity index (χ4n) is 0.720. The van der Waals surface area contributed by atoms with Crippen molar-refractivity contribution in [1.29, 1.82) is 5.26 Å². The van der Waals surface area contributed by atoms with Crippen molar-refractivity contribution >= 4 is 12.6 Å². The predicted octanol–water partition coefficient (Wildman–Crippen LogP) is 2.32. The minimum Gasteiger partial charge on any atom is -0.207 e. The van der Waals surface area contributed by atoms with Crippen LogP contribution < -0.4 is 0 Å². The van der Waals surface area contributed by atoms with Crippen LogP contribution in [0.4, 0.5) is 4.39 Å². The van der Waals surface area contributed by atoms with E-state index in [1.54, 1.807) is 12.1 Å². The summed E-state index contributed by atoms with van der Waals surface area (Å²) >= 11 is 3.97. The molecule has 0 spiro atoms. The summed E-state index contributed by atoms with van der Waals surface area (Å²) in [5.74, 6) is -0.299. The Hall–Kier alpha value is -1.01. The Morgan fingerprint density at radius 3 is 2.36 bits per heavy atom. The summed E-state index contributed by atoms with van der Waals surface area (Å²) in [6, 6.07) is 7.68. The SMILES string of the molecule is N#CC(S)c1ccc(F)cc1. The normalized spacial score (nSPS) is 12.1. The molecule has 0 aliphatic rings. The van der Waals surface area contributed by atoms with E-state index in [2.05, 4.69) is 12.6 Å². The van der Waals surface area contributed by atoms with Gasteiger partial charge in [0.05, 0.1) is 6.07 Å². The van der Waals surface area contributed by atoms with Gasteiger partial charge in [0.25, 0.3) is 0 Å². The van der Waals surface area contributed by atoms with Crippen LogP contribution in [-0.2, 0) is 0 Å². The maximum Gasteiger partial charge on any atom is 0.123 e. The Morgan fingerprint density at radius 1 is 1.36 bits per heavy atom. The lowest BCUT2D eigenvalue weighted by atomic mass is 10.2. The monoisotopic (exact) mass is 167 g/mol. The molecule has 1 aromatic rings. The molecular weight excluding hydrogens is 161 g/mol. The summed E-state index contributed by atoms with van der Waals surface area (Å²) in [4.78, 5) is 0. The zero-order chi connectivity index (χ0) is 8.27. The lowest BCUT2D eigenvalue weighted by Crippen LogP contribution is -1.85. The lowest BCUT2D eigenvalue weighted by molar-refractivity contribution is 0.627. The van der Waals surface area contributed by atoms with Crippen molar-refractivity contribution in [1.82, 2.24) is 0 Å². The van der Waals surface area contributed by atoms with Crippen LogP contribution in [0, 0.1) is 17.1 Å². The summed E-state index contributed by atoms with van der Waals surface area (Å²) in [7, 11) is 0. The second-order valence-electron chi connectivity index (χ2n) is 2.08. The summed E-state index contributed by atoms with van der Waals surface area (Å²) in [5.41, 5.74) is 0.720. The summed E-state index contributed by atoms with van der Waals surface area (Å²) < 4.78 is 12.3. The first kappa shape index (κ1) is 8.09. The van der Waals surface area contributed by atoms with Gasteiger partial charge in [0.2, 0.25) is 0 Å². The van der Waals surface area contributed by atoms with E-state index in [0.717, 1.165) is 5.56 Å². The number of thiol groups is 1. The second kappa shape index (κ2) is 3.40. The zero-order valence-corrected chi connectivity index (χ0v) is 6.55. The second-order valence-corrected chi connectivity index (χ2v) is 2.60. The quantitative estimate of drug-likeness (QED) is 0.637. The molecule has 0 N–H and O–H groups in total. The summed E-state index contributed by atoms with van der Waals surface area (Å²) in [5, 5.41) is 7.97. The van der Waals surface area contributed by atoms with Crippen molar-refractivity contribution in [2.24, 2.45) is 0 Å².